The molecule has 1 aliphatic carbocycles. The zero-order chi connectivity index (χ0) is 9.84. The lowest BCUT2D eigenvalue weighted by molar-refractivity contribution is -0.134. The molecular weight excluding hydrogens is 164 g/mol. The van der Waals surface area contributed by atoms with Crippen molar-refractivity contribution in [3.05, 3.63) is 0 Å². The number of rotatable bonds is 2. The summed E-state index contributed by atoms with van der Waals surface area (Å²) in [5, 5.41) is 3.27. The van der Waals surface area contributed by atoms with Gasteiger partial charge in [-0.25, -0.2) is 0 Å². The Kier molecular flexibility index (Phi) is 3.72. The van der Waals surface area contributed by atoms with Gasteiger partial charge in [0.05, 0.1) is 0 Å². The van der Waals surface area contributed by atoms with Gasteiger partial charge in [0.2, 0.25) is 5.91 Å². The van der Waals surface area contributed by atoms with Crippen LogP contribution in [0.2, 0.25) is 0 Å². The van der Waals surface area contributed by atoms with Gasteiger partial charge in [0.15, 0.2) is 0 Å². The van der Waals surface area contributed by atoms with Crippen LogP contribution >= 0.6 is 0 Å². The van der Waals surface area contributed by atoms with Crippen molar-refractivity contribution in [3.8, 4) is 0 Å². The van der Waals surface area contributed by atoms with Gasteiger partial charge < -0.3 is 10.2 Å². The van der Waals surface area contributed by atoms with Crippen molar-refractivity contribution in [3.63, 3.8) is 0 Å². The SMILES string of the molecule is CN[C@H]1CC[C@@H](C(=O)N(C)C)CC1. The summed E-state index contributed by atoms with van der Waals surface area (Å²) < 4.78 is 0. The molecule has 0 bridgehead atoms. The van der Waals surface area contributed by atoms with Gasteiger partial charge in [-0.2, -0.15) is 0 Å². The molecule has 1 amide bonds. The summed E-state index contributed by atoms with van der Waals surface area (Å²) in [6.45, 7) is 0. The second-order valence-corrected chi connectivity index (χ2v) is 4.07. The summed E-state index contributed by atoms with van der Waals surface area (Å²) in [4.78, 5) is 13.3. The van der Waals surface area contributed by atoms with E-state index in [1.807, 2.05) is 21.1 Å². The highest BCUT2D eigenvalue weighted by Gasteiger charge is 2.26. The fourth-order valence-electron chi connectivity index (χ4n) is 1.99. The summed E-state index contributed by atoms with van der Waals surface area (Å²) >= 11 is 0. The fourth-order valence-corrected chi connectivity index (χ4v) is 1.99. The van der Waals surface area contributed by atoms with Crippen LogP contribution in [-0.2, 0) is 4.79 Å². The van der Waals surface area contributed by atoms with Crippen molar-refractivity contribution in [2.75, 3.05) is 21.1 Å². The van der Waals surface area contributed by atoms with Crippen molar-refractivity contribution >= 4 is 5.91 Å². The molecule has 76 valence electrons. The third kappa shape index (κ3) is 2.69. The maximum absolute atomic E-state index is 11.6. The number of hydrogen-bond acceptors (Lipinski definition) is 2. The molecule has 0 spiro atoms. The Balaban J connectivity index is 2.36. The van der Waals surface area contributed by atoms with Gasteiger partial charge in [0.1, 0.15) is 0 Å². The topological polar surface area (TPSA) is 32.3 Å². The van der Waals surface area contributed by atoms with E-state index in [9.17, 15) is 4.79 Å². The molecule has 1 fully saturated rings. The molecule has 13 heavy (non-hydrogen) atoms. The molecule has 3 nitrogen and oxygen atoms in total. The predicted octanol–water partition coefficient (Wildman–Crippen LogP) is 0.853. The predicted molar refractivity (Wildman–Crippen MR) is 53.5 cm³/mol. The van der Waals surface area contributed by atoms with E-state index in [0.29, 0.717) is 11.9 Å². The number of nitrogens with one attached hydrogen (secondary N) is 1. The van der Waals surface area contributed by atoms with Crippen LogP contribution in [-0.4, -0.2) is 38.0 Å². The number of amides is 1. The Morgan fingerprint density at radius 2 is 1.77 bits per heavy atom. The average molecular weight is 184 g/mol. The molecule has 1 rings (SSSR count). The van der Waals surface area contributed by atoms with Crippen LogP contribution < -0.4 is 5.32 Å². The lowest BCUT2D eigenvalue weighted by Crippen LogP contribution is -2.36. The number of carbonyl (C=O) groups excluding carboxylic acids is 1. The normalized spacial score (nSPS) is 28.5. The highest BCUT2D eigenvalue weighted by molar-refractivity contribution is 5.78. The number of hydrogen-bond donors (Lipinski definition) is 1. The van der Waals surface area contributed by atoms with Crippen LogP contribution in [0.25, 0.3) is 0 Å². The summed E-state index contributed by atoms with van der Waals surface area (Å²) in [5.41, 5.74) is 0. The molecule has 0 aromatic rings. The Morgan fingerprint density at radius 3 is 2.15 bits per heavy atom. The Morgan fingerprint density at radius 1 is 1.23 bits per heavy atom. The molecule has 0 aromatic heterocycles. The van der Waals surface area contributed by atoms with Crippen molar-refractivity contribution in [2.45, 2.75) is 31.7 Å². The fraction of sp³-hybridized carbons (Fsp3) is 0.900. The first-order valence-electron chi connectivity index (χ1n) is 5.03. The quantitative estimate of drug-likeness (QED) is 0.690. The third-order valence-corrected chi connectivity index (χ3v) is 2.93. The van der Waals surface area contributed by atoms with E-state index in [1.54, 1.807) is 4.90 Å². The zero-order valence-electron chi connectivity index (χ0n) is 8.84. The minimum atomic E-state index is 0.277. The van der Waals surface area contributed by atoms with Crippen LogP contribution in [0.3, 0.4) is 0 Å². The lowest BCUT2D eigenvalue weighted by atomic mass is 9.85. The van der Waals surface area contributed by atoms with Crippen LogP contribution in [0, 0.1) is 5.92 Å². The monoisotopic (exact) mass is 184 g/mol. The lowest BCUT2D eigenvalue weighted by Gasteiger charge is -2.29. The van der Waals surface area contributed by atoms with E-state index in [1.165, 1.54) is 0 Å². The number of nitrogens with zero attached hydrogens (tertiary/aromatic N) is 1. The van der Waals surface area contributed by atoms with Crippen molar-refractivity contribution in [1.29, 1.82) is 0 Å². The standard InChI is InChI=1S/C10H20N2O/c1-11-9-6-4-8(5-7-9)10(13)12(2)3/h8-9,11H,4-7H2,1-3H3/t8-,9+. The molecule has 0 radical (unpaired) electrons. The summed E-state index contributed by atoms with van der Waals surface area (Å²) in [5.74, 6) is 0.578. The van der Waals surface area contributed by atoms with Gasteiger partial charge >= 0.3 is 0 Å². The second kappa shape index (κ2) is 4.61. The molecule has 0 unspecified atom stereocenters. The van der Waals surface area contributed by atoms with Crippen LogP contribution in [0.15, 0.2) is 0 Å². The van der Waals surface area contributed by atoms with Gasteiger partial charge in [-0.05, 0) is 32.7 Å². The molecule has 0 aliphatic heterocycles. The minimum Gasteiger partial charge on any atom is -0.349 e. The van der Waals surface area contributed by atoms with E-state index in [-0.39, 0.29) is 5.92 Å². The van der Waals surface area contributed by atoms with Gasteiger partial charge in [0.25, 0.3) is 0 Å². The van der Waals surface area contributed by atoms with E-state index < -0.39 is 0 Å². The second-order valence-electron chi connectivity index (χ2n) is 4.07. The molecule has 0 atom stereocenters. The number of carbonyl (C=O) groups is 1. The smallest absolute Gasteiger partial charge is 0.225 e. The van der Waals surface area contributed by atoms with Crippen LogP contribution in [0.4, 0.5) is 0 Å². The first-order valence-corrected chi connectivity index (χ1v) is 5.03. The third-order valence-electron chi connectivity index (χ3n) is 2.93. The van der Waals surface area contributed by atoms with Crippen molar-refractivity contribution < 1.29 is 4.79 Å². The molecule has 1 aliphatic rings. The molecule has 0 aromatic carbocycles. The highest BCUT2D eigenvalue weighted by atomic mass is 16.2. The van der Waals surface area contributed by atoms with Gasteiger partial charge in [0, 0.05) is 26.1 Å². The maximum Gasteiger partial charge on any atom is 0.225 e. The summed E-state index contributed by atoms with van der Waals surface area (Å²) in [6, 6.07) is 0.631. The molecule has 3 heteroatoms. The molecule has 1 N–H and O–H groups in total. The van der Waals surface area contributed by atoms with E-state index in [0.717, 1.165) is 25.7 Å². The molecule has 1 saturated carbocycles. The van der Waals surface area contributed by atoms with E-state index in [4.69, 9.17) is 0 Å². The largest absolute Gasteiger partial charge is 0.349 e. The van der Waals surface area contributed by atoms with Crippen LogP contribution in [0.5, 0.6) is 0 Å². The maximum atomic E-state index is 11.6. The highest BCUT2D eigenvalue weighted by Crippen LogP contribution is 2.25. The molecular formula is C10H20N2O. The van der Waals surface area contributed by atoms with Gasteiger partial charge in [-0.3, -0.25) is 4.79 Å². The minimum absolute atomic E-state index is 0.277. The average Bonchev–Trinajstić information content (AvgIpc) is 2.17. The van der Waals surface area contributed by atoms with Gasteiger partial charge in [-0.15, -0.1) is 0 Å². The van der Waals surface area contributed by atoms with Gasteiger partial charge in [-0.1, -0.05) is 0 Å². The Labute approximate surface area is 80.5 Å². The molecule has 0 heterocycles. The van der Waals surface area contributed by atoms with E-state index >= 15 is 0 Å². The first kappa shape index (κ1) is 10.5. The van der Waals surface area contributed by atoms with Crippen molar-refractivity contribution in [2.24, 2.45) is 5.92 Å². The summed E-state index contributed by atoms with van der Waals surface area (Å²) in [6.07, 6.45) is 4.37. The van der Waals surface area contributed by atoms with Crippen molar-refractivity contribution in [1.82, 2.24) is 10.2 Å². The van der Waals surface area contributed by atoms with E-state index in [2.05, 4.69) is 5.32 Å². The zero-order valence-corrected chi connectivity index (χ0v) is 8.84. The van der Waals surface area contributed by atoms with Crippen LogP contribution in [0.1, 0.15) is 25.7 Å². The molecule has 0 saturated heterocycles. The first-order chi connectivity index (χ1) is 6.15. The Hall–Kier alpha value is -0.570. The Bertz CT molecular complexity index is 172. The summed E-state index contributed by atoms with van der Waals surface area (Å²) in [7, 11) is 5.68.